The molecule has 7 heteroatoms. The predicted octanol–water partition coefficient (Wildman–Crippen LogP) is 3.87. The Morgan fingerprint density at radius 1 is 1.24 bits per heavy atom. The lowest BCUT2D eigenvalue weighted by atomic mass is 10.1. The maximum Gasteiger partial charge on any atom is 0.419 e. The highest BCUT2D eigenvalue weighted by molar-refractivity contribution is 5.71. The smallest absolute Gasteiger partial charge is 0.383 e. The normalized spacial score (nSPS) is 11.9. The molecule has 1 aromatic heterocycles. The van der Waals surface area contributed by atoms with Crippen molar-refractivity contribution in [3.8, 4) is 11.3 Å². The largest absolute Gasteiger partial charge is 0.419 e. The van der Waals surface area contributed by atoms with Crippen LogP contribution in [0.1, 0.15) is 25.2 Å². The van der Waals surface area contributed by atoms with Gasteiger partial charge in [-0.3, -0.25) is 0 Å². The SMILES string of the molecule is CCc1nc(-c2ccc(F)c(C(F)(F)F)c2)c(N)n1CC. The van der Waals surface area contributed by atoms with E-state index in [-0.39, 0.29) is 17.1 Å². The average molecular weight is 301 g/mol. The van der Waals surface area contributed by atoms with Gasteiger partial charge < -0.3 is 10.3 Å². The maximum absolute atomic E-state index is 13.3. The number of benzene rings is 1. The third-order valence-electron chi connectivity index (χ3n) is 3.26. The van der Waals surface area contributed by atoms with E-state index in [0.29, 0.717) is 18.8 Å². The van der Waals surface area contributed by atoms with Crippen LogP contribution in [0.15, 0.2) is 18.2 Å². The highest BCUT2D eigenvalue weighted by Gasteiger charge is 2.34. The third-order valence-corrected chi connectivity index (χ3v) is 3.26. The Morgan fingerprint density at radius 3 is 2.38 bits per heavy atom. The number of halogens is 4. The Hall–Kier alpha value is -2.05. The summed E-state index contributed by atoms with van der Waals surface area (Å²) in [7, 11) is 0. The molecule has 2 aromatic rings. The van der Waals surface area contributed by atoms with Crippen LogP contribution in [0.3, 0.4) is 0 Å². The van der Waals surface area contributed by atoms with Crippen LogP contribution < -0.4 is 5.73 Å². The van der Waals surface area contributed by atoms with Crippen molar-refractivity contribution in [2.75, 3.05) is 5.73 Å². The molecule has 3 nitrogen and oxygen atoms in total. The molecule has 0 saturated carbocycles. The molecule has 0 atom stereocenters. The van der Waals surface area contributed by atoms with Crippen LogP contribution in [-0.4, -0.2) is 9.55 Å². The first-order valence-electron chi connectivity index (χ1n) is 6.51. The van der Waals surface area contributed by atoms with Crippen LogP contribution in [0.25, 0.3) is 11.3 Å². The molecular formula is C14H15F4N3. The molecule has 0 amide bonds. The monoisotopic (exact) mass is 301 g/mol. The summed E-state index contributed by atoms with van der Waals surface area (Å²) in [6.07, 6.45) is -4.15. The zero-order valence-corrected chi connectivity index (χ0v) is 11.6. The standard InChI is InChI=1S/C14H15F4N3/c1-3-11-20-12(13(19)21(11)4-2)8-5-6-10(15)9(7-8)14(16,17)18/h5-7H,3-4,19H2,1-2H3. The summed E-state index contributed by atoms with van der Waals surface area (Å²) >= 11 is 0. The number of hydrogen-bond acceptors (Lipinski definition) is 2. The summed E-state index contributed by atoms with van der Waals surface area (Å²) in [4.78, 5) is 4.27. The Bertz CT molecular complexity index is 659. The average Bonchev–Trinajstić information content (AvgIpc) is 2.74. The van der Waals surface area contributed by atoms with E-state index in [1.54, 1.807) is 4.57 Å². The van der Waals surface area contributed by atoms with E-state index < -0.39 is 17.6 Å². The first-order valence-corrected chi connectivity index (χ1v) is 6.51. The first-order chi connectivity index (χ1) is 9.79. The summed E-state index contributed by atoms with van der Waals surface area (Å²) in [6, 6.07) is 2.78. The molecule has 2 N–H and O–H groups in total. The van der Waals surface area contributed by atoms with Crippen molar-refractivity contribution in [2.24, 2.45) is 0 Å². The van der Waals surface area contributed by atoms with Crippen molar-refractivity contribution < 1.29 is 17.6 Å². The summed E-state index contributed by atoms with van der Waals surface area (Å²) in [5, 5.41) is 0. The van der Waals surface area contributed by atoms with Gasteiger partial charge in [0.1, 0.15) is 23.2 Å². The Morgan fingerprint density at radius 2 is 1.90 bits per heavy atom. The van der Waals surface area contributed by atoms with Crippen LogP contribution in [0, 0.1) is 5.82 Å². The zero-order chi connectivity index (χ0) is 15.8. The van der Waals surface area contributed by atoms with Crippen LogP contribution in [0.2, 0.25) is 0 Å². The number of nitrogen functional groups attached to an aromatic ring is 1. The quantitative estimate of drug-likeness (QED) is 0.875. The van der Waals surface area contributed by atoms with Gasteiger partial charge in [0.05, 0.1) is 5.56 Å². The molecule has 0 radical (unpaired) electrons. The molecule has 0 unspecified atom stereocenters. The minimum Gasteiger partial charge on any atom is -0.383 e. The van der Waals surface area contributed by atoms with Crippen molar-refractivity contribution >= 4 is 5.82 Å². The van der Waals surface area contributed by atoms with Gasteiger partial charge in [-0.2, -0.15) is 13.2 Å². The molecule has 2 rings (SSSR count). The van der Waals surface area contributed by atoms with Crippen molar-refractivity contribution in [2.45, 2.75) is 33.0 Å². The molecular weight excluding hydrogens is 286 g/mol. The van der Waals surface area contributed by atoms with Crippen LogP contribution in [0.4, 0.5) is 23.4 Å². The zero-order valence-electron chi connectivity index (χ0n) is 11.6. The number of aromatic nitrogens is 2. The van der Waals surface area contributed by atoms with Gasteiger partial charge in [-0.25, -0.2) is 9.37 Å². The Kier molecular flexibility index (Phi) is 3.93. The van der Waals surface area contributed by atoms with Gasteiger partial charge in [0.25, 0.3) is 0 Å². The summed E-state index contributed by atoms with van der Waals surface area (Å²) in [6.45, 7) is 4.31. The number of hydrogen-bond donors (Lipinski definition) is 1. The van der Waals surface area contributed by atoms with Crippen LogP contribution in [-0.2, 0) is 19.1 Å². The number of rotatable bonds is 3. The van der Waals surface area contributed by atoms with Gasteiger partial charge in [0.2, 0.25) is 0 Å². The van der Waals surface area contributed by atoms with E-state index >= 15 is 0 Å². The van der Waals surface area contributed by atoms with E-state index in [4.69, 9.17) is 5.73 Å². The first kappa shape index (κ1) is 15.3. The molecule has 0 aliphatic rings. The van der Waals surface area contributed by atoms with Crippen molar-refractivity contribution in [1.82, 2.24) is 9.55 Å². The molecule has 0 fully saturated rings. The molecule has 1 heterocycles. The van der Waals surface area contributed by atoms with E-state index in [1.807, 2.05) is 13.8 Å². The number of aryl methyl sites for hydroxylation is 1. The summed E-state index contributed by atoms with van der Waals surface area (Å²) in [5.74, 6) is -0.340. The lowest BCUT2D eigenvalue weighted by molar-refractivity contribution is -0.139. The predicted molar refractivity (Wildman–Crippen MR) is 72.1 cm³/mol. The van der Waals surface area contributed by atoms with Crippen molar-refractivity contribution in [3.63, 3.8) is 0 Å². The van der Waals surface area contributed by atoms with Crippen molar-refractivity contribution in [1.29, 1.82) is 0 Å². The van der Waals surface area contributed by atoms with Gasteiger partial charge >= 0.3 is 6.18 Å². The Labute approximate surface area is 119 Å². The topological polar surface area (TPSA) is 43.8 Å². The van der Waals surface area contributed by atoms with Gasteiger partial charge in [-0.1, -0.05) is 6.92 Å². The van der Waals surface area contributed by atoms with Crippen molar-refractivity contribution in [3.05, 3.63) is 35.4 Å². The van der Waals surface area contributed by atoms with Crippen LogP contribution in [0.5, 0.6) is 0 Å². The summed E-state index contributed by atoms with van der Waals surface area (Å²) in [5.41, 5.74) is 5.03. The molecule has 114 valence electrons. The second-order valence-electron chi connectivity index (χ2n) is 4.55. The van der Waals surface area contributed by atoms with Gasteiger partial charge in [-0.15, -0.1) is 0 Å². The van der Waals surface area contributed by atoms with E-state index in [1.165, 1.54) is 6.07 Å². The molecule has 0 spiro atoms. The molecule has 0 bridgehead atoms. The van der Waals surface area contributed by atoms with Gasteiger partial charge in [0, 0.05) is 18.5 Å². The highest BCUT2D eigenvalue weighted by Crippen LogP contribution is 2.35. The minimum atomic E-state index is -4.75. The second-order valence-corrected chi connectivity index (χ2v) is 4.55. The third kappa shape index (κ3) is 2.72. The molecule has 1 aromatic carbocycles. The number of nitrogens with two attached hydrogens (primary N) is 1. The second kappa shape index (κ2) is 5.38. The fraction of sp³-hybridized carbons (Fsp3) is 0.357. The lowest BCUT2D eigenvalue weighted by Crippen LogP contribution is -2.08. The fourth-order valence-corrected chi connectivity index (χ4v) is 2.24. The maximum atomic E-state index is 13.3. The Balaban J connectivity index is 2.60. The van der Waals surface area contributed by atoms with E-state index in [0.717, 1.165) is 12.1 Å². The number of nitrogens with zero attached hydrogens (tertiary/aromatic N) is 2. The molecule has 21 heavy (non-hydrogen) atoms. The van der Waals surface area contributed by atoms with E-state index in [9.17, 15) is 17.6 Å². The number of anilines is 1. The fourth-order valence-electron chi connectivity index (χ4n) is 2.24. The molecule has 0 aliphatic heterocycles. The van der Waals surface area contributed by atoms with Gasteiger partial charge in [0.15, 0.2) is 0 Å². The molecule has 0 saturated heterocycles. The molecule has 0 aliphatic carbocycles. The summed E-state index contributed by atoms with van der Waals surface area (Å²) < 4.78 is 53.3. The minimum absolute atomic E-state index is 0.156. The van der Waals surface area contributed by atoms with E-state index in [2.05, 4.69) is 4.98 Å². The lowest BCUT2D eigenvalue weighted by Gasteiger charge is -2.09. The van der Waals surface area contributed by atoms with Gasteiger partial charge in [-0.05, 0) is 25.1 Å². The number of imidazole rings is 1. The highest BCUT2D eigenvalue weighted by atomic mass is 19.4. The number of alkyl halides is 3. The van der Waals surface area contributed by atoms with Crippen LogP contribution >= 0.6 is 0 Å².